The molecule has 28 heteroatoms. The zero-order valence-electron chi connectivity index (χ0n) is 60.6. The third kappa shape index (κ3) is 24.8. The number of aromatic nitrogens is 1. The van der Waals surface area contributed by atoms with Crippen LogP contribution in [0.5, 0.6) is 0 Å². The molecule has 1 heterocycles. The van der Waals surface area contributed by atoms with Gasteiger partial charge in [0.1, 0.15) is 54.2 Å². The predicted octanol–water partition coefficient (Wildman–Crippen LogP) is 6.35. The Kier molecular flexibility index (Phi) is 31.9. The molecule has 0 bridgehead atoms. The van der Waals surface area contributed by atoms with E-state index in [9.17, 15) is 52.7 Å². The maximum absolute atomic E-state index is 15.7. The third-order valence-corrected chi connectivity index (χ3v) is 16.7. The van der Waals surface area contributed by atoms with Crippen molar-refractivity contribution in [3.8, 4) is 0 Å². The van der Waals surface area contributed by atoms with Gasteiger partial charge in [0.25, 0.3) is 0 Å². The number of ether oxygens (including phenoxy) is 5. The van der Waals surface area contributed by atoms with E-state index in [1.54, 1.807) is 107 Å². The van der Waals surface area contributed by atoms with E-state index in [2.05, 4.69) is 37.2 Å². The Bertz CT molecular complexity index is 3290. The number of nitrogens with two attached hydrogens (primary N) is 1. The van der Waals surface area contributed by atoms with Crippen molar-refractivity contribution in [2.45, 2.75) is 202 Å². The summed E-state index contributed by atoms with van der Waals surface area (Å²) in [4.78, 5) is 165. The number of rotatable bonds is 36. The van der Waals surface area contributed by atoms with Gasteiger partial charge in [0.05, 0.1) is 20.3 Å². The molecule has 0 spiro atoms. The van der Waals surface area contributed by atoms with Crippen LogP contribution in [-0.2, 0) is 85.9 Å². The highest BCUT2D eigenvalue weighted by Gasteiger charge is 2.50. The zero-order chi connectivity index (χ0) is 74.2. The summed E-state index contributed by atoms with van der Waals surface area (Å²) < 4.78 is 28.2. The largest absolute Gasteiger partial charge is 0.469 e. The summed E-state index contributed by atoms with van der Waals surface area (Å²) >= 11 is 0. The topological polar surface area (TPSA) is 373 Å². The molecule has 544 valence electrons. The number of amides is 9. The van der Waals surface area contributed by atoms with Crippen molar-refractivity contribution in [1.29, 1.82) is 0 Å². The normalized spacial score (nSPS) is 14.4. The van der Waals surface area contributed by atoms with Gasteiger partial charge in [-0.3, -0.25) is 43.4 Å². The molecule has 0 aliphatic rings. The molecule has 0 saturated heterocycles. The summed E-state index contributed by atoms with van der Waals surface area (Å²) in [6.45, 7) is 25.8. The van der Waals surface area contributed by atoms with E-state index in [4.69, 9.17) is 29.4 Å². The fourth-order valence-corrected chi connectivity index (χ4v) is 11.1. The summed E-state index contributed by atoms with van der Waals surface area (Å²) in [7, 11) is 6.20. The summed E-state index contributed by atoms with van der Waals surface area (Å²) in [5.74, 6) is -6.25. The minimum absolute atomic E-state index is 0.0238. The van der Waals surface area contributed by atoms with Crippen LogP contribution in [0.25, 0.3) is 10.9 Å². The Balaban J connectivity index is 2.00. The van der Waals surface area contributed by atoms with Gasteiger partial charge in [-0.1, -0.05) is 98.7 Å². The summed E-state index contributed by atoms with van der Waals surface area (Å²) in [5.41, 5.74) is 2.96. The van der Waals surface area contributed by atoms with Crippen LogP contribution < -0.4 is 43.0 Å². The van der Waals surface area contributed by atoms with Crippen LogP contribution in [0.3, 0.4) is 0 Å². The van der Waals surface area contributed by atoms with E-state index < -0.39 is 130 Å². The Hall–Kier alpha value is -9.08. The first-order valence-electron chi connectivity index (χ1n) is 33.0. The molecule has 98 heavy (non-hydrogen) atoms. The molecular weight excluding hydrogens is 1270 g/mol. The highest BCUT2D eigenvalue weighted by Crippen LogP contribution is 2.38. The molecular formula is C70H107N11O17. The van der Waals surface area contributed by atoms with Crippen LogP contribution in [0.1, 0.15) is 154 Å². The van der Waals surface area contributed by atoms with Crippen LogP contribution in [0.2, 0.25) is 0 Å². The SMILES string of the molecule is CCOC(=O)CC[C@@H](NC(=O)[C@@H](CCC(=O)OC)NC(=O)/C(C)=C/[C@H](C(C)C)N(C)C[C@](C=O)(NC(=O)C(N(C)C(=O)OCc1ccc(NC(=O)[C@H](CCCNC(N)=O)NC(=O)[C@@H](NC(=O)OC(C)(C)C)C(C)C)cc1)C(C)(C)c1cn(C)c2ccccc12)C(C)(C)C)C(=O)OCC. The van der Waals surface area contributed by atoms with E-state index in [1.807, 2.05) is 74.7 Å². The number of aryl methyl sites for hydroxylation is 1. The van der Waals surface area contributed by atoms with Crippen molar-refractivity contribution >= 4 is 88.5 Å². The van der Waals surface area contributed by atoms with E-state index in [0.29, 0.717) is 23.1 Å². The van der Waals surface area contributed by atoms with E-state index >= 15 is 4.79 Å². The van der Waals surface area contributed by atoms with Crippen LogP contribution in [0.15, 0.2) is 66.4 Å². The molecule has 2 aromatic carbocycles. The number of urea groups is 1. The van der Waals surface area contributed by atoms with Gasteiger partial charge in [-0.2, -0.15) is 0 Å². The lowest BCUT2D eigenvalue weighted by atomic mass is 9.72. The smallest absolute Gasteiger partial charge is 0.410 e. The molecule has 9 N–H and O–H groups in total. The van der Waals surface area contributed by atoms with Crippen molar-refractivity contribution < 1.29 is 81.2 Å². The van der Waals surface area contributed by atoms with Crippen molar-refractivity contribution in [3.63, 3.8) is 0 Å². The maximum Gasteiger partial charge on any atom is 0.410 e. The number of esters is 3. The molecule has 0 aliphatic heterocycles. The number of anilines is 1. The first-order chi connectivity index (χ1) is 45.7. The lowest BCUT2D eigenvalue weighted by Gasteiger charge is -2.47. The second kappa shape index (κ2) is 37.6. The van der Waals surface area contributed by atoms with Gasteiger partial charge < -0.3 is 76.0 Å². The van der Waals surface area contributed by atoms with Gasteiger partial charge in [-0.05, 0) is 121 Å². The number of primary amides is 1. The van der Waals surface area contributed by atoms with Gasteiger partial charge in [0.15, 0.2) is 0 Å². The molecule has 0 fully saturated rings. The van der Waals surface area contributed by atoms with E-state index in [1.165, 1.54) is 26.0 Å². The fraction of sp³-hybridized carbons (Fsp3) is 0.600. The Morgan fingerprint density at radius 3 is 1.85 bits per heavy atom. The molecule has 28 nitrogen and oxygen atoms in total. The Labute approximate surface area is 576 Å². The number of nitrogens with one attached hydrogen (secondary N) is 7. The standard InChI is InChI=1S/C70H107N11O17/c1-20-95-55(84)35-33-51(63(90)96-21-2)76-60(87)50(32-34-54(83)94-19)74-58(85)44(7)37-53(42(3)4)80(17)40-70(41-82,67(8,9)10)78-62(89)57(69(14,15)48-38-79(16)52-27-23-22-25-47(48)52)81(18)66(93)97-39-45-28-30-46(31-29-45)73-59(86)49(26-24-36-72-64(71)91)75-61(88)56(43(5)6)77-65(92)98-68(11,12)13/h22-23,25,27-31,37-38,41-43,49-51,53,56-57H,20-21,24,26,32-36,39-40H2,1-19H3,(H,73,86)(H,74,85)(H,75,88)(H,76,87)(H,77,92)(H,78,89)(H3,71,72,91)/b44-37+/t49-,50+,51+,53+,56-,57?,70+/m0/s1. The fourth-order valence-electron chi connectivity index (χ4n) is 11.1. The average molecular weight is 1370 g/mol. The summed E-state index contributed by atoms with van der Waals surface area (Å²) in [5, 5.41) is 19.7. The number of fused-ring (bicyclic) bond motifs is 1. The number of nitrogens with zero attached hydrogens (tertiary/aromatic N) is 3. The molecule has 0 aliphatic carbocycles. The maximum atomic E-state index is 15.7. The number of alkyl carbamates (subject to hydrolysis) is 1. The molecule has 0 radical (unpaired) electrons. The number of hydrogen-bond donors (Lipinski definition) is 8. The van der Waals surface area contributed by atoms with Gasteiger partial charge >= 0.3 is 36.1 Å². The molecule has 3 aromatic rings. The highest BCUT2D eigenvalue weighted by molar-refractivity contribution is 5.99. The van der Waals surface area contributed by atoms with Crippen LogP contribution >= 0.6 is 0 Å². The number of aldehydes is 1. The van der Waals surface area contributed by atoms with E-state index in [0.717, 1.165) is 10.9 Å². The summed E-state index contributed by atoms with van der Waals surface area (Å²) in [6.07, 6.45) is 1.88. The minimum Gasteiger partial charge on any atom is -0.469 e. The summed E-state index contributed by atoms with van der Waals surface area (Å²) in [6, 6.07) is 6.30. The zero-order valence-corrected chi connectivity index (χ0v) is 60.6. The highest BCUT2D eigenvalue weighted by atomic mass is 16.6. The van der Waals surface area contributed by atoms with Gasteiger partial charge in [0.2, 0.25) is 29.5 Å². The number of likely N-dealkylation sites (N-methyl/N-ethyl adjacent to an activating group) is 2. The molecule has 3 rings (SSSR count). The second-order valence-corrected chi connectivity index (χ2v) is 27.6. The van der Waals surface area contributed by atoms with Gasteiger partial charge in [-0.25, -0.2) is 19.2 Å². The monoisotopic (exact) mass is 1370 g/mol. The van der Waals surface area contributed by atoms with Crippen LogP contribution in [-0.4, -0.2) is 181 Å². The van der Waals surface area contributed by atoms with Crippen molar-refractivity contribution in [1.82, 2.24) is 46.3 Å². The van der Waals surface area contributed by atoms with Gasteiger partial charge in [-0.15, -0.1) is 0 Å². The number of benzene rings is 2. The quantitative estimate of drug-likeness (QED) is 0.0103. The van der Waals surface area contributed by atoms with E-state index in [-0.39, 0.29) is 82.9 Å². The Morgan fingerprint density at radius 2 is 1.29 bits per heavy atom. The van der Waals surface area contributed by atoms with Crippen LogP contribution in [0.4, 0.5) is 20.1 Å². The van der Waals surface area contributed by atoms with Crippen LogP contribution in [0, 0.1) is 17.3 Å². The number of carbonyl (C=O) groups excluding carboxylic acids is 12. The van der Waals surface area contributed by atoms with Crippen molar-refractivity contribution in [2.75, 3.05) is 52.8 Å². The number of carbonyl (C=O) groups is 12. The molecule has 0 saturated carbocycles. The minimum atomic E-state index is -1.70. The second-order valence-electron chi connectivity index (χ2n) is 27.6. The molecule has 1 aromatic heterocycles. The van der Waals surface area contributed by atoms with Crippen molar-refractivity contribution in [3.05, 3.63) is 77.5 Å². The first kappa shape index (κ1) is 83.1. The third-order valence-electron chi connectivity index (χ3n) is 16.7. The number of methoxy groups -OCH3 is 1. The number of hydrogen-bond acceptors (Lipinski definition) is 18. The lowest BCUT2D eigenvalue weighted by Crippen LogP contribution is -2.68. The first-order valence-corrected chi connectivity index (χ1v) is 33.0. The van der Waals surface area contributed by atoms with Crippen molar-refractivity contribution in [2.24, 2.45) is 30.0 Å². The average Bonchev–Trinajstić information content (AvgIpc) is 1.46. The molecule has 1 unspecified atom stereocenters. The molecule has 7 atom stereocenters. The Morgan fingerprint density at radius 1 is 0.694 bits per heavy atom. The predicted molar refractivity (Wildman–Crippen MR) is 369 cm³/mol. The van der Waals surface area contributed by atoms with Gasteiger partial charge in [0, 0.05) is 79.8 Å². The lowest BCUT2D eigenvalue weighted by molar-refractivity contribution is -0.149. The number of para-hydroxylation sites is 1. The molecule has 9 amide bonds.